The first kappa shape index (κ1) is 12.1. The van der Waals surface area contributed by atoms with Gasteiger partial charge in [-0.25, -0.2) is 4.98 Å². The van der Waals surface area contributed by atoms with E-state index in [0.29, 0.717) is 18.0 Å². The third-order valence-corrected chi connectivity index (χ3v) is 2.54. The molecule has 1 N–H and O–H groups in total. The van der Waals surface area contributed by atoms with Crippen molar-refractivity contribution in [3.05, 3.63) is 40.9 Å². The molecule has 2 heterocycles. The lowest BCUT2D eigenvalue weighted by atomic mass is 10.1. The summed E-state index contributed by atoms with van der Waals surface area (Å²) in [6.07, 6.45) is 1.67. The summed E-state index contributed by atoms with van der Waals surface area (Å²) < 4.78 is 5.37. The lowest BCUT2D eigenvalue weighted by molar-refractivity contribution is 0.479. The molecule has 0 radical (unpaired) electrons. The van der Waals surface area contributed by atoms with Gasteiger partial charge in [-0.2, -0.15) is 5.26 Å². The van der Waals surface area contributed by atoms with Gasteiger partial charge in [0.15, 0.2) is 0 Å². The highest BCUT2D eigenvalue weighted by Crippen LogP contribution is 2.19. The van der Waals surface area contributed by atoms with Gasteiger partial charge in [-0.1, -0.05) is 0 Å². The molecule has 0 fully saturated rings. The van der Waals surface area contributed by atoms with Gasteiger partial charge in [0, 0.05) is 5.69 Å². The van der Waals surface area contributed by atoms with Crippen LogP contribution in [0.4, 0.5) is 5.69 Å². The van der Waals surface area contributed by atoms with Gasteiger partial charge < -0.3 is 9.73 Å². The maximum atomic E-state index is 9.12. The Bertz CT molecular complexity index is 610. The van der Waals surface area contributed by atoms with Crippen molar-refractivity contribution in [3.8, 4) is 6.07 Å². The number of nitrogens with one attached hydrogen (secondary N) is 1. The molecular weight excluding hydrogens is 228 g/mol. The Hall–Kier alpha value is -2.35. The van der Waals surface area contributed by atoms with Crippen LogP contribution in [0.1, 0.15) is 28.6 Å². The van der Waals surface area contributed by atoms with Crippen LogP contribution in [-0.4, -0.2) is 9.97 Å². The maximum Gasteiger partial charge on any atom is 0.213 e. The molecule has 0 amide bonds. The highest BCUT2D eigenvalue weighted by atomic mass is 16.4. The normalized spacial score (nSPS) is 10.1. The second kappa shape index (κ2) is 4.88. The number of oxazole rings is 1. The van der Waals surface area contributed by atoms with Crippen LogP contribution in [0, 0.1) is 32.1 Å². The summed E-state index contributed by atoms with van der Waals surface area (Å²) >= 11 is 0. The van der Waals surface area contributed by atoms with E-state index < -0.39 is 0 Å². The Labute approximate surface area is 105 Å². The van der Waals surface area contributed by atoms with Gasteiger partial charge >= 0.3 is 0 Å². The summed E-state index contributed by atoms with van der Waals surface area (Å²) in [7, 11) is 0. The summed E-state index contributed by atoms with van der Waals surface area (Å²) in [6.45, 7) is 6.02. The van der Waals surface area contributed by atoms with E-state index in [9.17, 15) is 0 Å². The van der Waals surface area contributed by atoms with Gasteiger partial charge in [0.1, 0.15) is 11.8 Å². The Kier molecular flexibility index (Phi) is 3.28. The minimum atomic E-state index is 0.450. The third-order valence-electron chi connectivity index (χ3n) is 2.54. The Morgan fingerprint density at radius 3 is 2.78 bits per heavy atom. The molecule has 2 rings (SSSR count). The average molecular weight is 242 g/mol. The quantitative estimate of drug-likeness (QED) is 0.894. The van der Waals surface area contributed by atoms with Gasteiger partial charge in [0.2, 0.25) is 5.89 Å². The van der Waals surface area contributed by atoms with E-state index in [2.05, 4.69) is 21.4 Å². The minimum Gasteiger partial charge on any atom is -0.444 e. The number of anilines is 1. The average Bonchev–Trinajstić information content (AvgIpc) is 2.72. The standard InChI is InChI=1S/C13H14N4O/c1-8-4-12(11(5-14)10(3)17-8)15-7-13-16-6-9(2)18-13/h4,6H,7H2,1-3H3,(H,15,17). The first-order chi connectivity index (χ1) is 8.60. The molecule has 2 aromatic rings. The number of nitrogens with zero attached hydrogens (tertiary/aromatic N) is 3. The van der Waals surface area contributed by atoms with Crippen molar-refractivity contribution >= 4 is 5.69 Å². The fourth-order valence-corrected chi connectivity index (χ4v) is 1.76. The SMILES string of the molecule is Cc1cc(NCc2ncc(C)o2)c(C#N)c(C)n1. The Morgan fingerprint density at radius 2 is 2.17 bits per heavy atom. The molecule has 0 aromatic carbocycles. The summed E-state index contributed by atoms with van der Waals surface area (Å²) in [4.78, 5) is 8.37. The van der Waals surface area contributed by atoms with E-state index in [0.717, 1.165) is 22.8 Å². The number of hydrogen-bond donors (Lipinski definition) is 1. The van der Waals surface area contributed by atoms with Crippen molar-refractivity contribution in [2.75, 3.05) is 5.32 Å². The number of rotatable bonds is 3. The third kappa shape index (κ3) is 2.48. The van der Waals surface area contributed by atoms with E-state index in [1.165, 1.54) is 0 Å². The van der Waals surface area contributed by atoms with Crippen LogP contribution in [0.2, 0.25) is 0 Å². The van der Waals surface area contributed by atoms with Gasteiger partial charge in [0.05, 0.1) is 29.7 Å². The van der Waals surface area contributed by atoms with Crippen LogP contribution in [-0.2, 0) is 6.54 Å². The number of nitriles is 1. The fraction of sp³-hybridized carbons (Fsp3) is 0.308. The van der Waals surface area contributed by atoms with Crippen LogP contribution in [0.15, 0.2) is 16.7 Å². The van der Waals surface area contributed by atoms with Crippen molar-refractivity contribution < 1.29 is 4.42 Å². The lowest BCUT2D eigenvalue weighted by Crippen LogP contribution is -2.04. The molecule has 0 saturated heterocycles. The molecule has 0 bridgehead atoms. The van der Waals surface area contributed by atoms with E-state index in [4.69, 9.17) is 9.68 Å². The van der Waals surface area contributed by atoms with Gasteiger partial charge in [-0.05, 0) is 26.8 Å². The summed E-state index contributed by atoms with van der Waals surface area (Å²) in [5.74, 6) is 1.37. The summed E-state index contributed by atoms with van der Waals surface area (Å²) in [6, 6.07) is 4.01. The predicted molar refractivity (Wildman–Crippen MR) is 67.0 cm³/mol. The van der Waals surface area contributed by atoms with Crippen molar-refractivity contribution in [1.82, 2.24) is 9.97 Å². The topological polar surface area (TPSA) is 74.7 Å². The van der Waals surface area contributed by atoms with E-state index in [1.807, 2.05) is 26.8 Å². The molecule has 0 aliphatic carbocycles. The number of aryl methyl sites for hydroxylation is 3. The molecule has 0 aliphatic heterocycles. The number of pyridine rings is 1. The molecule has 0 atom stereocenters. The van der Waals surface area contributed by atoms with Gasteiger partial charge in [-0.15, -0.1) is 0 Å². The maximum absolute atomic E-state index is 9.12. The van der Waals surface area contributed by atoms with Crippen molar-refractivity contribution in [1.29, 1.82) is 5.26 Å². The molecule has 2 aromatic heterocycles. The minimum absolute atomic E-state index is 0.450. The zero-order chi connectivity index (χ0) is 13.1. The van der Waals surface area contributed by atoms with Gasteiger partial charge in [-0.3, -0.25) is 4.98 Å². The van der Waals surface area contributed by atoms with Crippen LogP contribution in [0.3, 0.4) is 0 Å². The first-order valence-electron chi connectivity index (χ1n) is 5.63. The van der Waals surface area contributed by atoms with Gasteiger partial charge in [0.25, 0.3) is 0 Å². The Morgan fingerprint density at radius 1 is 1.39 bits per heavy atom. The van der Waals surface area contributed by atoms with E-state index >= 15 is 0 Å². The monoisotopic (exact) mass is 242 g/mol. The predicted octanol–water partition coefficient (Wildman–Crippen LogP) is 2.48. The second-order valence-corrected chi connectivity index (χ2v) is 4.10. The van der Waals surface area contributed by atoms with Crippen molar-refractivity contribution in [2.24, 2.45) is 0 Å². The highest BCUT2D eigenvalue weighted by molar-refractivity contribution is 5.59. The zero-order valence-corrected chi connectivity index (χ0v) is 10.6. The van der Waals surface area contributed by atoms with Crippen LogP contribution in [0.5, 0.6) is 0 Å². The van der Waals surface area contributed by atoms with Crippen LogP contribution < -0.4 is 5.32 Å². The summed E-state index contributed by atoms with van der Waals surface area (Å²) in [5, 5.41) is 12.3. The molecule has 0 unspecified atom stereocenters. The molecule has 92 valence electrons. The number of hydrogen-bond acceptors (Lipinski definition) is 5. The van der Waals surface area contributed by atoms with Crippen molar-refractivity contribution in [3.63, 3.8) is 0 Å². The smallest absolute Gasteiger partial charge is 0.213 e. The fourth-order valence-electron chi connectivity index (χ4n) is 1.76. The molecule has 5 heteroatoms. The van der Waals surface area contributed by atoms with E-state index in [1.54, 1.807) is 6.20 Å². The first-order valence-corrected chi connectivity index (χ1v) is 5.63. The highest BCUT2D eigenvalue weighted by Gasteiger charge is 2.08. The van der Waals surface area contributed by atoms with Crippen molar-refractivity contribution in [2.45, 2.75) is 27.3 Å². The molecule has 18 heavy (non-hydrogen) atoms. The van der Waals surface area contributed by atoms with Crippen LogP contribution >= 0.6 is 0 Å². The lowest BCUT2D eigenvalue weighted by Gasteiger charge is -2.09. The zero-order valence-electron chi connectivity index (χ0n) is 10.6. The molecule has 0 aliphatic rings. The second-order valence-electron chi connectivity index (χ2n) is 4.10. The number of aromatic nitrogens is 2. The molecule has 0 spiro atoms. The largest absolute Gasteiger partial charge is 0.444 e. The molecule has 0 saturated carbocycles. The molecular formula is C13H14N4O. The molecule has 5 nitrogen and oxygen atoms in total. The van der Waals surface area contributed by atoms with E-state index in [-0.39, 0.29) is 0 Å². The summed E-state index contributed by atoms with van der Waals surface area (Å²) in [5.41, 5.74) is 2.92. The van der Waals surface area contributed by atoms with Crippen LogP contribution in [0.25, 0.3) is 0 Å². The Balaban J connectivity index is 2.21.